The number of hydrogen-bond donors (Lipinski definition) is 9. The summed E-state index contributed by atoms with van der Waals surface area (Å²) in [6, 6.07) is -2.73. The molecule has 24 heteroatoms. The number of carbonyl (C=O) groups excluding carboxylic acids is 8. The smallest absolute Gasteiger partial charge is 0.326 e. The van der Waals surface area contributed by atoms with Crippen LogP contribution >= 0.6 is 0 Å². The second-order valence-corrected chi connectivity index (χ2v) is 18.6. The fourth-order valence-electron chi connectivity index (χ4n) is 7.35. The van der Waals surface area contributed by atoms with Gasteiger partial charge in [-0.1, -0.05) is 77.0 Å². The second-order valence-electron chi connectivity index (χ2n) is 18.6. The molecule has 23 nitrogen and oxygen atoms in total. The Morgan fingerprint density at radius 1 is 0.419 bits per heavy atom. The molecule has 424 valence electrons. The molecule has 0 aliphatic rings. The van der Waals surface area contributed by atoms with Crippen molar-refractivity contribution < 1.29 is 77.1 Å². The second kappa shape index (κ2) is 46.3. The molecule has 0 spiro atoms. The van der Waals surface area contributed by atoms with Crippen LogP contribution in [-0.4, -0.2) is 167 Å². The van der Waals surface area contributed by atoms with Crippen LogP contribution in [-0.2, 0) is 66.9 Å². The van der Waals surface area contributed by atoms with Crippen LogP contribution < -0.4 is 37.6 Å². The Labute approximate surface area is 438 Å². The molecule has 0 saturated carbocycles. The molecule has 0 fully saturated rings. The Bertz CT molecular complexity index is 1640. The lowest BCUT2D eigenvalue weighted by molar-refractivity contribution is -0.142. The summed E-state index contributed by atoms with van der Waals surface area (Å²) in [7, 11) is 1.30. The minimum Gasteiger partial charge on any atom is -0.481 e. The van der Waals surface area contributed by atoms with E-state index in [4.69, 9.17) is 29.8 Å². The molecule has 0 aromatic carbocycles. The van der Waals surface area contributed by atoms with Gasteiger partial charge < -0.3 is 71.6 Å². The summed E-state index contributed by atoms with van der Waals surface area (Å²) in [4.78, 5) is 119. The van der Waals surface area contributed by atoms with Crippen molar-refractivity contribution in [3.8, 4) is 0 Å². The molecule has 0 aliphatic carbocycles. The van der Waals surface area contributed by atoms with E-state index in [9.17, 15) is 53.1 Å². The van der Waals surface area contributed by atoms with Gasteiger partial charge in [-0.05, 0) is 52.4 Å². The molecule has 4 atom stereocenters. The first-order valence-electron chi connectivity index (χ1n) is 26.6. The van der Waals surface area contributed by atoms with E-state index < -0.39 is 47.7 Å². The minimum atomic E-state index is -1.27. The van der Waals surface area contributed by atoms with Gasteiger partial charge in [-0.15, -0.1) is 0 Å². The highest BCUT2D eigenvalue weighted by Gasteiger charge is 2.22. The molecule has 10 N–H and O–H groups in total. The Morgan fingerprint density at radius 2 is 0.797 bits per heavy atom. The van der Waals surface area contributed by atoms with Crippen molar-refractivity contribution in [2.24, 2.45) is 5.73 Å². The summed E-state index contributed by atoms with van der Waals surface area (Å²) < 4.78 is 21.2. The molecule has 0 saturated heterocycles. The van der Waals surface area contributed by atoms with Crippen molar-refractivity contribution in [2.75, 3.05) is 65.9 Å². The van der Waals surface area contributed by atoms with E-state index in [0.29, 0.717) is 19.3 Å². The summed E-state index contributed by atoms with van der Waals surface area (Å²) in [6.07, 6.45) is 16.7. The summed E-state index contributed by atoms with van der Waals surface area (Å²) in [5, 5.41) is 34.3. The molecular formula is C50H90BN7O16. The van der Waals surface area contributed by atoms with E-state index in [1.165, 1.54) is 52.8 Å². The highest BCUT2D eigenvalue weighted by Crippen LogP contribution is 2.14. The largest absolute Gasteiger partial charge is 0.481 e. The fourth-order valence-corrected chi connectivity index (χ4v) is 7.35. The number of nitrogens with one attached hydrogen (secondary N) is 6. The van der Waals surface area contributed by atoms with E-state index in [1.807, 2.05) is 0 Å². The topological polar surface area (TPSA) is 346 Å². The maximum absolute atomic E-state index is 12.6. The maximum atomic E-state index is 12.6. The highest BCUT2D eigenvalue weighted by atomic mass is 16.5. The van der Waals surface area contributed by atoms with E-state index in [2.05, 4.69) is 31.9 Å². The third-order valence-electron chi connectivity index (χ3n) is 11.6. The number of nitrogens with two attached hydrogens (primary N) is 1. The summed E-state index contributed by atoms with van der Waals surface area (Å²) in [5.41, 5.74) is 4.79. The molecule has 0 aliphatic heterocycles. The zero-order valence-electron chi connectivity index (χ0n) is 44.5. The zero-order valence-corrected chi connectivity index (χ0v) is 44.5. The molecule has 0 rings (SSSR count). The normalized spacial score (nSPS) is 12.6. The van der Waals surface area contributed by atoms with Crippen LogP contribution in [0.15, 0.2) is 0 Å². The van der Waals surface area contributed by atoms with Crippen molar-refractivity contribution in [3.05, 3.63) is 0 Å². The van der Waals surface area contributed by atoms with E-state index in [-0.39, 0.29) is 146 Å². The first-order valence-corrected chi connectivity index (χ1v) is 26.6. The van der Waals surface area contributed by atoms with Gasteiger partial charge in [0.1, 0.15) is 24.9 Å². The van der Waals surface area contributed by atoms with Gasteiger partial charge in [-0.2, -0.15) is 0 Å². The first-order chi connectivity index (χ1) is 35.4. The number of carboxylic acid groups (broad SMARTS) is 2. The molecule has 0 aromatic heterocycles. The number of unbranched alkanes of at least 4 members (excludes halogenated alkanes) is 13. The number of hydrogen-bond acceptors (Lipinski definition) is 14. The molecule has 74 heavy (non-hydrogen) atoms. The Hall–Kier alpha value is -5.20. The van der Waals surface area contributed by atoms with Gasteiger partial charge in [0.15, 0.2) is 7.85 Å². The van der Waals surface area contributed by atoms with Crippen molar-refractivity contribution in [1.29, 1.82) is 0 Å². The monoisotopic (exact) mass is 1060 g/mol. The minimum absolute atomic E-state index is 0.00928. The third-order valence-corrected chi connectivity index (χ3v) is 11.6. The summed E-state index contributed by atoms with van der Waals surface area (Å²) in [5.74, 6) is -4.66. The molecule has 0 heterocycles. The van der Waals surface area contributed by atoms with E-state index in [0.717, 1.165) is 44.9 Å². The molecule has 7 amide bonds. The average Bonchev–Trinajstić information content (AvgIpc) is 3.33. The number of primary amides is 1. The lowest BCUT2D eigenvalue weighted by Gasteiger charge is -2.18. The fraction of sp³-hybridized carbons (Fsp3) is 0.800. The molecule has 4 unspecified atom stereocenters. The van der Waals surface area contributed by atoms with Crippen LogP contribution in [0.2, 0.25) is 0 Å². The van der Waals surface area contributed by atoms with Crippen LogP contribution in [0.3, 0.4) is 0 Å². The zero-order chi connectivity index (χ0) is 55.2. The van der Waals surface area contributed by atoms with Crippen LogP contribution in [0.5, 0.6) is 0 Å². The summed E-state index contributed by atoms with van der Waals surface area (Å²) in [6.45, 7) is 4.49. The molecule has 0 radical (unpaired) electrons. The van der Waals surface area contributed by atoms with Gasteiger partial charge in [0.2, 0.25) is 41.4 Å². The Morgan fingerprint density at radius 3 is 1.27 bits per heavy atom. The Balaban J connectivity index is 3.91. The van der Waals surface area contributed by atoms with Crippen molar-refractivity contribution >= 4 is 66.8 Å². The van der Waals surface area contributed by atoms with Crippen LogP contribution in [0, 0.1) is 0 Å². The third kappa shape index (κ3) is 45.4. The maximum Gasteiger partial charge on any atom is 0.326 e. The number of rotatable bonds is 51. The number of ether oxygens (including phenoxy) is 4. The van der Waals surface area contributed by atoms with Gasteiger partial charge in [0, 0.05) is 63.7 Å². The summed E-state index contributed by atoms with van der Waals surface area (Å²) >= 11 is 0. The van der Waals surface area contributed by atoms with Gasteiger partial charge in [0.05, 0.1) is 45.7 Å². The Kier molecular flexibility index (Phi) is 43.1. The van der Waals surface area contributed by atoms with Crippen molar-refractivity contribution in [2.45, 2.75) is 192 Å². The molecular weight excluding hydrogens is 965 g/mol. The van der Waals surface area contributed by atoms with Crippen LogP contribution in [0.25, 0.3) is 0 Å². The number of carboxylic acids is 2. The predicted octanol–water partition coefficient (Wildman–Crippen LogP) is 1.44. The van der Waals surface area contributed by atoms with Gasteiger partial charge in [-0.25, -0.2) is 4.79 Å². The van der Waals surface area contributed by atoms with E-state index >= 15 is 0 Å². The number of aliphatic carboxylic acids is 2. The predicted molar refractivity (Wildman–Crippen MR) is 277 cm³/mol. The van der Waals surface area contributed by atoms with E-state index in [1.54, 1.807) is 13.8 Å². The van der Waals surface area contributed by atoms with Crippen molar-refractivity contribution in [1.82, 2.24) is 31.9 Å². The van der Waals surface area contributed by atoms with Gasteiger partial charge in [0.25, 0.3) is 0 Å². The first kappa shape index (κ1) is 68.8. The lowest BCUT2D eigenvalue weighted by Crippen LogP contribution is -2.43. The van der Waals surface area contributed by atoms with Gasteiger partial charge >= 0.3 is 11.9 Å². The average molecular weight is 1060 g/mol. The standard InChI is InChI=1S/C50H90BN7O16/c1-37(19-24-42(60)53-27-29-71-31-33-73-35-46(64)54-28-30-72-32-34-74-36-47(65)57-39(49(51)68)21-23-41(52)59)56-44(62)26-22-40(50(69)70)58-45(63)25-20-38(2)55-43(61)17-15-13-11-9-7-5-3-4-6-8-10-12-14-16-18-48(66)67/h37-40H,3-36,51H2,1-2H3,(H2,52,59)(H,53,60)(H,54,64)(H,55,61)(H,56,62)(H,57,65)(H,58,63)(H,66,67)(H,69,70). The molecule has 0 aromatic rings. The van der Waals surface area contributed by atoms with Crippen LogP contribution in [0.1, 0.15) is 168 Å². The number of amides is 7. The number of carbonyl (C=O) groups is 10. The van der Waals surface area contributed by atoms with Crippen molar-refractivity contribution in [3.63, 3.8) is 0 Å². The van der Waals surface area contributed by atoms with Gasteiger partial charge in [-0.3, -0.25) is 38.4 Å². The highest BCUT2D eigenvalue weighted by molar-refractivity contribution is 6.59. The quantitative estimate of drug-likeness (QED) is 0.0307. The molecule has 0 bridgehead atoms. The van der Waals surface area contributed by atoms with Crippen LogP contribution in [0.4, 0.5) is 0 Å². The SMILES string of the molecule is BC(=O)C(CCC(N)=O)NC(=O)COCCOCCNC(=O)COCCOCCNC(=O)CCC(C)NC(=O)CCC(NC(=O)CCC(C)NC(=O)CCCCCCCCCCCCCCCCC(=O)O)C(=O)O. The lowest BCUT2D eigenvalue weighted by atomic mass is 9.92.